The number of rotatable bonds is 5. The Kier molecular flexibility index (Phi) is 7.08. The van der Waals surface area contributed by atoms with Gasteiger partial charge in [-0.2, -0.15) is 0 Å². The zero-order valence-electron chi connectivity index (χ0n) is 15.5. The van der Waals surface area contributed by atoms with E-state index < -0.39 is 24.5 Å². The van der Waals surface area contributed by atoms with Crippen LogP contribution in [0.15, 0.2) is 54.9 Å². The van der Waals surface area contributed by atoms with Crippen molar-refractivity contribution in [2.75, 3.05) is 13.7 Å². The Hall–Kier alpha value is -3.19. The predicted octanol–water partition coefficient (Wildman–Crippen LogP) is 2.32. The minimum Gasteiger partial charge on any atom is -0.467 e. The van der Waals surface area contributed by atoms with Crippen LogP contribution in [0.25, 0.3) is 16.7 Å². The standard InChI is InChI=1S/C18H17N3O4.C2H6/c1-25-18(24)15(10-22)20-17(23)12-6-8-13(9-7-12)21-11-19-14-4-2-3-5-16(14)21;1-2/h2-9,11,15,22H,10H2,1H3,(H,20,23);1-2H3. The molecule has 142 valence electrons. The van der Waals surface area contributed by atoms with E-state index in [1.54, 1.807) is 30.6 Å². The van der Waals surface area contributed by atoms with Crippen LogP contribution in [0.3, 0.4) is 0 Å². The largest absolute Gasteiger partial charge is 0.467 e. The second-order valence-corrected chi connectivity index (χ2v) is 5.38. The van der Waals surface area contributed by atoms with Gasteiger partial charge in [0.15, 0.2) is 6.04 Å². The average Bonchev–Trinajstić information content (AvgIpc) is 3.17. The molecule has 1 atom stereocenters. The molecular weight excluding hydrogens is 346 g/mol. The van der Waals surface area contributed by atoms with E-state index in [4.69, 9.17) is 5.11 Å². The molecule has 0 radical (unpaired) electrons. The SMILES string of the molecule is CC.COC(=O)C(CO)NC(=O)c1ccc(-n2cnc3ccccc32)cc1. The lowest BCUT2D eigenvalue weighted by atomic mass is 10.1. The lowest BCUT2D eigenvalue weighted by Crippen LogP contribution is -2.44. The van der Waals surface area contributed by atoms with E-state index in [9.17, 15) is 9.59 Å². The molecule has 0 aliphatic carbocycles. The zero-order valence-corrected chi connectivity index (χ0v) is 15.5. The minimum atomic E-state index is -1.09. The first kappa shape index (κ1) is 20.1. The number of para-hydroxylation sites is 2. The Balaban J connectivity index is 0.00000126. The van der Waals surface area contributed by atoms with Crippen molar-refractivity contribution in [1.29, 1.82) is 0 Å². The van der Waals surface area contributed by atoms with Crippen LogP contribution in [-0.4, -0.2) is 46.3 Å². The number of fused-ring (bicyclic) bond motifs is 1. The van der Waals surface area contributed by atoms with Crippen LogP contribution in [0.4, 0.5) is 0 Å². The third kappa shape index (κ3) is 4.51. The molecule has 2 aromatic carbocycles. The van der Waals surface area contributed by atoms with Gasteiger partial charge in [-0.15, -0.1) is 0 Å². The molecule has 0 fully saturated rings. The van der Waals surface area contributed by atoms with Gasteiger partial charge in [0.1, 0.15) is 6.33 Å². The molecule has 1 amide bonds. The molecule has 0 bridgehead atoms. The Bertz CT molecular complexity index is 903. The molecule has 1 heterocycles. The highest BCUT2D eigenvalue weighted by molar-refractivity contribution is 5.97. The third-order valence-corrected chi connectivity index (χ3v) is 3.83. The molecule has 3 aromatic rings. The molecule has 27 heavy (non-hydrogen) atoms. The molecule has 1 aromatic heterocycles. The maximum Gasteiger partial charge on any atom is 0.330 e. The van der Waals surface area contributed by atoms with Crippen LogP contribution in [0.5, 0.6) is 0 Å². The number of hydrogen-bond acceptors (Lipinski definition) is 5. The Morgan fingerprint density at radius 1 is 1.15 bits per heavy atom. The van der Waals surface area contributed by atoms with Gasteiger partial charge in [0.25, 0.3) is 5.91 Å². The number of ether oxygens (including phenoxy) is 1. The number of hydrogen-bond donors (Lipinski definition) is 2. The normalized spacial score (nSPS) is 11.3. The lowest BCUT2D eigenvalue weighted by Gasteiger charge is -2.14. The molecule has 0 saturated carbocycles. The molecule has 3 rings (SSSR count). The molecule has 7 heteroatoms. The third-order valence-electron chi connectivity index (χ3n) is 3.83. The van der Waals surface area contributed by atoms with Gasteiger partial charge in [0.05, 0.1) is 24.8 Å². The summed E-state index contributed by atoms with van der Waals surface area (Å²) in [6, 6.07) is 13.5. The summed E-state index contributed by atoms with van der Waals surface area (Å²) >= 11 is 0. The van der Waals surface area contributed by atoms with Gasteiger partial charge in [-0.1, -0.05) is 26.0 Å². The van der Waals surface area contributed by atoms with Crippen molar-refractivity contribution in [1.82, 2.24) is 14.9 Å². The quantitative estimate of drug-likeness (QED) is 0.673. The van der Waals surface area contributed by atoms with Gasteiger partial charge < -0.3 is 15.2 Å². The number of carbonyl (C=O) groups is 2. The van der Waals surface area contributed by atoms with Crippen LogP contribution in [0, 0.1) is 0 Å². The van der Waals surface area contributed by atoms with Crippen LogP contribution in [0.2, 0.25) is 0 Å². The molecule has 0 aliphatic rings. The van der Waals surface area contributed by atoms with E-state index in [1.807, 2.05) is 42.7 Å². The second kappa shape index (κ2) is 9.49. The van der Waals surface area contributed by atoms with E-state index in [2.05, 4.69) is 15.0 Å². The van der Waals surface area contributed by atoms with Crippen molar-refractivity contribution in [2.24, 2.45) is 0 Å². The number of carbonyl (C=O) groups excluding carboxylic acids is 2. The smallest absolute Gasteiger partial charge is 0.330 e. The number of benzene rings is 2. The van der Waals surface area contributed by atoms with Crippen molar-refractivity contribution >= 4 is 22.9 Å². The van der Waals surface area contributed by atoms with E-state index in [0.717, 1.165) is 16.7 Å². The van der Waals surface area contributed by atoms with Gasteiger partial charge in [0.2, 0.25) is 0 Å². The molecule has 2 N–H and O–H groups in total. The molecule has 0 spiro atoms. The summed E-state index contributed by atoms with van der Waals surface area (Å²) in [5.41, 5.74) is 3.08. The second-order valence-electron chi connectivity index (χ2n) is 5.38. The van der Waals surface area contributed by atoms with E-state index in [-0.39, 0.29) is 0 Å². The lowest BCUT2D eigenvalue weighted by molar-refractivity contribution is -0.143. The van der Waals surface area contributed by atoms with Crippen LogP contribution >= 0.6 is 0 Å². The summed E-state index contributed by atoms with van der Waals surface area (Å²) < 4.78 is 6.44. The van der Waals surface area contributed by atoms with E-state index in [0.29, 0.717) is 5.56 Å². The minimum absolute atomic E-state index is 0.371. The van der Waals surface area contributed by atoms with Crippen molar-refractivity contribution in [2.45, 2.75) is 19.9 Å². The molecule has 0 saturated heterocycles. The van der Waals surface area contributed by atoms with Crippen molar-refractivity contribution in [3.63, 3.8) is 0 Å². The highest BCUT2D eigenvalue weighted by atomic mass is 16.5. The van der Waals surface area contributed by atoms with E-state index >= 15 is 0 Å². The first-order valence-electron chi connectivity index (χ1n) is 8.66. The summed E-state index contributed by atoms with van der Waals surface area (Å²) in [6.07, 6.45) is 1.72. The number of methoxy groups -OCH3 is 1. The molecule has 1 unspecified atom stereocenters. The van der Waals surface area contributed by atoms with Gasteiger partial charge in [-0.05, 0) is 36.4 Å². The number of nitrogens with zero attached hydrogens (tertiary/aromatic N) is 2. The zero-order chi connectivity index (χ0) is 19.8. The van der Waals surface area contributed by atoms with E-state index in [1.165, 1.54) is 7.11 Å². The highest BCUT2D eigenvalue weighted by Gasteiger charge is 2.21. The monoisotopic (exact) mass is 369 g/mol. The number of nitrogens with one attached hydrogen (secondary N) is 1. The number of aromatic nitrogens is 2. The van der Waals surface area contributed by atoms with Crippen LogP contribution in [-0.2, 0) is 9.53 Å². The van der Waals surface area contributed by atoms with Crippen LogP contribution in [0.1, 0.15) is 24.2 Å². The summed E-state index contributed by atoms with van der Waals surface area (Å²) in [5.74, 6) is -1.16. The Labute approximate surface area is 157 Å². The maximum atomic E-state index is 12.2. The fourth-order valence-electron chi connectivity index (χ4n) is 2.50. The van der Waals surface area contributed by atoms with Gasteiger partial charge in [0, 0.05) is 11.3 Å². The highest BCUT2D eigenvalue weighted by Crippen LogP contribution is 2.18. The first-order valence-corrected chi connectivity index (χ1v) is 8.66. The molecule has 0 aliphatic heterocycles. The van der Waals surface area contributed by atoms with Gasteiger partial charge >= 0.3 is 5.97 Å². The number of imidazole rings is 1. The maximum absolute atomic E-state index is 12.2. The number of aliphatic hydroxyl groups is 1. The molecule has 7 nitrogen and oxygen atoms in total. The van der Waals surface area contributed by atoms with Gasteiger partial charge in [-0.25, -0.2) is 9.78 Å². The summed E-state index contributed by atoms with van der Waals surface area (Å²) in [5, 5.41) is 11.6. The fourth-order valence-corrected chi connectivity index (χ4v) is 2.50. The summed E-state index contributed by atoms with van der Waals surface area (Å²) in [4.78, 5) is 28.0. The Morgan fingerprint density at radius 3 is 2.44 bits per heavy atom. The van der Waals surface area contributed by atoms with Crippen molar-refractivity contribution < 1.29 is 19.4 Å². The number of aliphatic hydroxyl groups excluding tert-OH is 1. The fraction of sp³-hybridized carbons (Fsp3) is 0.250. The average molecular weight is 369 g/mol. The topological polar surface area (TPSA) is 93.5 Å². The van der Waals surface area contributed by atoms with Crippen molar-refractivity contribution in [3.8, 4) is 5.69 Å². The first-order chi connectivity index (χ1) is 13.1. The number of esters is 1. The van der Waals surface area contributed by atoms with Gasteiger partial charge in [-0.3, -0.25) is 9.36 Å². The number of amides is 1. The summed E-state index contributed by atoms with van der Waals surface area (Å²) in [7, 11) is 1.20. The van der Waals surface area contributed by atoms with Crippen molar-refractivity contribution in [3.05, 3.63) is 60.4 Å². The summed E-state index contributed by atoms with van der Waals surface area (Å²) in [6.45, 7) is 3.47. The van der Waals surface area contributed by atoms with Crippen LogP contribution < -0.4 is 5.32 Å². The predicted molar refractivity (Wildman–Crippen MR) is 103 cm³/mol. The Morgan fingerprint density at radius 2 is 1.81 bits per heavy atom. The molecular formula is C20H23N3O4.